The first kappa shape index (κ1) is 6.47. The molecule has 0 N–H and O–H groups in total. The lowest BCUT2D eigenvalue weighted by Gasteiger charge is -1.59. The van der Waals surface area contributed by atoms with Crippen molar-refractivity contribution < 1.29 is 0 Å². The van der Waals surface area contributed by atoms with Gasteiger partial charge < -0.3 is 0 Å². The van der Waals surface area contributed by atoms with E-state index in [0.29, 0.717) is 0 Å². The smallest absolute Gasteiger partial charge is 0.00168 e. The van der Waals surface area contributed by atoms with Crippen molar-refractivity contribution >= 4 is 11.8 Å². The van der Waals surface area contributed by atoms with E-state index in [2.05, 4.69) is 23.0 Å². The molecule has 0 aliphatic heterocycles. The summed E-state index contributed by atoms with van der Waals surface area (Å²) in [6.07, 6.45) is 1.92. The molecular formula is C6H6S. The molecule has 0 unspecified atom stereocenters. The Hall–Kier alpha value is -0.530. The molecule has 0 spiro atoms. The van der Waals surface area contributed by atoms with Gasteiger partial charge >= 0.3 is 0 Å². The average molecular weight is 110 g/mol. The largest absolute Gasteiger partial charge is 0.0925 e. The predicted molar refractivity (Wildman–Crippen MR) is 34.7 cm³/mol. The Labute approximate surface area is 48.7 Å². The van der Waals surface area contributed by atoms with Gasteiger partial charge in [-0.15, -0.1) is 0 Å². The van der Waals surface area contributed by atoms with Gasteiger partial charge in [0.15, 0.2) is 0 Å². The fraction of sp³-hybridized carbons (Fsp3) is 0.333. The highest BCUT2D eigenvalue weighted by atomic mass is 32.2. The van der Waals surface area contributed by atoms with Gasteiger partial charge in [0.2, 0.25) is 0 Å². The van der Waals surface area contributed by atoms with Crippen molar-refractivity contribution in [2.75, 3.05) is 6.26 Å². The number of hydrogen-bond donors (Lipinski definition) is 0. The molecule has 36 valence electrons. The summed E-state index contributed by atoms with van der Waals surface area (Å²) in [5, 5.41) is 2.74. The molecule has 0 aliphatic carbocycles. The fourth-order valence-electron chi connectivity index (χ4n) is 0.139. The normalized spacial score (nSPS) is 4.86. The molecule has 0 fully saturated rings. The molecule has 0 heterocycles. The van der Waals surface area contributed by atoms with Crippen molar-refractivity contribution in [3.8, 4) is 23.0 Å². The van der Waals surface area contributed by atoms with Gasteiger partial charge in [0.25, 0.3) is 0 Å². The summed E-state index contributed by atoms with van der Waals surface area (Å²) in [6, 6.07) is 0. The van der Waals surface area contributed by atoms with Crippen LogP contribution in [0.3, 0.4) is 0 Å². The summed E-state index contributed by atoms with van der Waals surface area (Å²) in [7, 11) is 0. The third-order valence-corrected chi connectivity index (χ3v) is 0.647. The van der Waals surface area contributed by atoms with Crippen LogP contribution in [0.5, 0.6) is 0 Å². The maximum Gasteiger partial charge on any atom is -0.00168 e. The Morgan fingerprint density at radius 1 is 1.29 bits per heavy atom. The fourth-order valence-corrected chi connectivity index (χ4v) is 0.292. The lowest BCUT2D eigenvalue weighted by atomic mass is 10.6. The highest BCUT2D eigenvalue weighted by Crippen LogP contribution is 1.81. The molecule has 0 bridgehead atoms. The van der Waals surface area contributed by atoms with Crippen molar-refractivity contribution in [2.24, 2.45) is 0 Å². The Kier molecular flexibility index (Phi) is 5.06. The van der Waals surface area contributed by atoms with E-state index in [-0.39, 0.29) is 0 Å². The molecule has 0 aliphatic rings. The van der Waals surface area contributed by atoms with Crippen LogP contribution in [0.1, 0.15) is 6.92 Å². The van der Waals surface area contributed by atoms with E-state index in [1.54, 1.807) is 6.92 Å². The van der Waals surface area contributed by atoms with Gasteiger partial charge in [-0.1, -0.05) is 17.7 Å². The van der Waals surface area contributed by atoms with Crippen molar-refractivity contribution in [3.63, 3.8) is 0 Å². The monoisotopic (exact) mass is 110 g/mol. The molecule has 0 aromatic heterocycles. The molecule has 0 saturated heterocycles. The summed E-state index contributed by atoms with van der Waals surface area (Å²) in [5.41, 5.74) is 0. The highest BCUT2D eigenvalue weighted by Gasteiger charge is 1.53. The quantitative estimate of drug-likeness (QED) is 0.424. The second kappa shape index (κ2) is 5.47. The third-order valence-electron chi connectivity index (χ3n) is 0.341. The standard InChI is InChI=1S/C6H6S/c1-3-4-5-6-7-2/h1-2H3. The molecule has 0 aromatic rings. The second-order valence-electron chi connectivity index (χ2n) is 0.806. The molecular weight excluding hydrogens is 104 g/mol. The van der Waals surface area contributed by atoms with E-state index in [1.165, 1.54) is 11.8 Å². The average Bonchev–Trinajstić information content (AvgIpc) is 1.69. The molecule has 0 saturated carbocycles. The van der Waals surface area contributed by atoms with Crippen molar-refractivity contribution in [3.05, 3.63) is 0 Å². The van der Waals surface area contributed by atoms with Gasteiger partial charge in [0.1, 0.15) is 0 Å². The molecule has 0 radical (unpaired) electrons. The zero-order valence-electron chi connectivity index (χ0n) is 4.41. The number of rotatable bonds is 0. The molecule has 0 rings (SSSR count). The highest BCUT2D eigenvalue weighted by molar-refractivity contribution is 8.03. The van der Waals surface area contributed by atoms with E-state index in [4.69, 9.17) is 0 Å². The first-order valence-electron chi connectivity index (χ1n) is 1.86. The van der Waals surface area contributed by atoms with Crippen LogP contribution in [0.25, 0.3) is 0 Å². The number of hydrogen-bond acceptors (Lipinski definition) is 1. The van der Waals surface area contributed by atoms with Crippen LogP contribution in [0.4, 0.5) is 0 Å². The van der Waals surface area contributed by atoms with E-state index in [0.717, 1.165) is 0 Å². The van der Waals surface area contributed by atoms with Crippen LogP contribution in [0.2, 0.25) is 0 Å². The molecule has 0 atom stereocenters. The van der Waals surface area contributed by atoms with Crippen LogP contribution in [-0.4, -0.2) is 6.26 Å². The first-order valence-corrected chi connectivity index (χ1v) is 3.09. The zero-order valence-corrected chi connectivity index (χ0v) is 5.22. The summed E-state index contributed by atoms with van der Waals surface area (Å²) >= 11 is 1.48. The Bertz CT molecular complexity index is 137. The van der Waals surface area contributed by atoms with Crippen molar-refractivity contribution in [1.82, 2.24) is 0 Å². The maximum atomic E-state index is 2.74. The molecule has 0 amide bonds. The van der Waals surface area contributed by atoms with Gasteiger partial charge in [-0.05, 0) is 30.3 Å². The van der Waals surface area contributed by atoms with Crippen molar-refractivity contribution in [2.45, 2.75) is 6.92 Å². The SMILES string of the molecule is CC#CC#CSC. The van der Waals surface area contributed by atoms with Gasteiger partial charge in [-0.2, -0.15) is 0 Å². The van der Waals surface area contributed by atoms with E-state index < -0.39 is 0 Å². The van der Waals surface area contributed by atoms with E-state index in [9.17, 15) is 0 Å². The summed E-state index contributed by atoms with van der Waals surface area (Å²) in [4.78, 5) is 0. The van der Waals surface area contributed by atoms with Gasteiger partial charge in [0.05, 0.1) is 0 Å². The Morgan fingerprint density at radius 3 is 2.43 bits per heavy atom. The second-order valence-corrected chi connectivity index (χ2v) is 1.42. The van der Waals surface area contributed by atoms with Crippen LogP contribution >= 0.6 is 11.8 Å². The Morgan fingerprint density at radius 2 is 2.00 bits per heavy atom. The van der Waals surface area contributed by atoms with Gasteiger partial charge in [0, 0.05) is 0 Å². The summed E-state index contributed by atoms with van der Waals surface area (Å²) in [5.74, 6) is 7.92. The summed E-state index contributed by atoms with van der Waals surface area (Å²) in [6.45, 7) is 1.77. The number of thioether (sulfide) groups is 1. The van der Waals surface area contributed by atoms with Gasteiger partial charge in [-0.25, -0.2) is 0 Å². The molecule has 1 heteroatoms. The molecule has 7 heavy (non-hydrogen) atoms. The van der Waals surface area contributed by atoms with E-state index in [1.807, 2.05) is 6.26 Å². The minimum absolute atomic E-state index is 1.48. The zero-order chi connectivity index (χ0) is 5.54. The van der Waals surface area contributed by atoms with E-state index >= 15 is 0 Å². The minimum Gasteiger partial charge on any atom is -0.0925 e. The third kappa shape index (κ3) is 5.47. The first-order chi connectivity index (χ1) is 3.41. The Balaban J connectivity index is 3.39. The summed E-state index contributed by atoms with van der Waals surface area (Å²) < 4.78 is 0. The van der Waals surface area contributed by atoms with Gasteiger partial charge in [-0.3, -0.25) is 0 Å². The molecule has 0 aromatic carbocycles. The predicted octanol–water partition coefficient (Wildman–Crippen LogP) is 1.33. The molecule has 0 nitrogen and oxygen atoms in total. The minimum atomic E-state index is 1.48. The topological polar surface area (TPSA) is 0 Å². The van der Waals surface area contributed by atoms with Crippen molar-refractivity contribution in [1.29, 1.82) is 0 Å². The van der Waals surface area contributed by atoms with Crippen LogP contribution in [-0.2, 0) is 0 Å². The lowest BCUT2D eigenvalue weighted by Crippen LogP contribution is -1.45. The lowest BCUT2D eigenvalue weighted by molar-refractivity contribution is 1.92. The van der Waals surface area contributed by atoms with Crippen LogP contribution in [0.15, 0.2) is 0 Å². The maximum absolute atomic E-state index is 2.74. The van der Waals surface area contributed by atoms with Crippen LogP contribution in [0, 0.1) is 23.0 Å². The van der Waals surface area contributed by atoms with Crippen LogP contribution < -0.4 is 0 Å².